The van der Waals surface area contributed by atoms with Gasteiger partial charge in [-0.25, -0.2) is 4.98 Å². The SMILES string of the molecule is CCCC(C)N(C)c1nc(C(C)NC)cs1. The first kappa shape index (κ1) is 13.5. The molecule has 0 fully saturated rings. The third-order valence-electron chi connectivity index (χ3n) is 3.06. The van der Waals surface area contributed by atoms with Gasteiger partial charge in [-0.3, -0.25) is 0 Å². The highest BCUT2D eigenvalue weighted by atomic mass is 32.1. The van der Waals surface area contributed by atoms with Crippen LogP contribution in [0.3, 0.4) is 0 Å². The Morgan fingerprint density at radius 2 is 2.19 bits per heavy atom. The van der Waals surface area contributed by atoms with Gasteiger partial charge < -0.3 is 10.2 Å². The van der Waals surface area contributed by atoms with Crippen LogP contribution in [0.15, 0.2) is 5.38 Å². The fourth-order valence-corrected chi connectivity index (χ4v) is 2.57. The van der Waals surface area contributed by atoms with Gasteiger partial charge in [0, 0.05) is 24.5 Å². The van der Waals surface area contributed by atoms with Gasteiger partial charge >= 0.3 is 0 Å². The van der Waals surface area contributed by atoms with Crippen LogP contribution in [-0.4, -0.2) is 25.1 Å². The summed E-state index contributed by atoms with van der Waals surface area (Å²) in [5.41, 5.74) is 1.14. The van der Waals surface area contributed by atoms with Crippen molar-refractivity contribution in [1.82, 2.24) is 10.3 Å². The molecule has 0 aliphatic carbocycles. The molecule has 0 saturated heterocycles. The van der Waals surface area contributed by atoms with Crippen LogP contribution in [0.1, 0.15) is 45.3 Å². The van der Waals surface area contributed by atoms with Gasteiger partial charge in [0.25, 0.3) is 0 Å². The van der Waals surface area contributed by atoms with Crippen molar-refractivity contribution in [3.8, 4) is 0 Å². The zero-order chi connectivity index (χ0) is 12.1. The highest BCUT2D eigenvalue weighted by Gasteiger charge is 2.14. The summed E-state index contributed by atoms with van der Waals surface area (Å²) in [6.07, 6.45) is 2.43. The lowest BCUT2D eigenvalue weighted by Gasteiger charge is -2.23. The third-order valence-corrected chi connectivity index (χ3v) is 4.01. The molecule has 1 heterocycles. The maximum absolute atomic E-state index is 4.67. The van der Waals surface area contributed by atoms with Crippen LogP contribution in [-0.2, 0) is 0 Å². The fourth-order valence-electron chi connectivity index (χ4n) is 1.58. The van der Waals surface area contributed by atoms with E-state index in [0.717, 1.165) is 10.8 Å². The monoisotopic (exact) mass is 241 g/mol. The maximum atomic E-state index is 4.67. The molecule has 2 unspecified atom stereocenters. The summed E-state index contributed by atoms with van der Waals surface area (Å²) in [5.74, 6) is 0. The normalized spacial score (nSPS) is 14.8. The van der Waals surface area contributed by atoms with Crippen molar-refractivity contribution in [1.29, 1.82) is 0 Å². The second-order valence-electron chi connectivity index (χ2n) is 4.31. The van der Waals surface area contributed by atoms with Gasteiger partial charge in [-0.2, -0.15) is 0 Å². The smallest absolute Gasteiger partial charge is 0.185 e. The molecule has 0 aliphatic heterocycles. The Kier molecular flexibility index (Phi) is 5.22. The maximum Gasteiger partial charge on any atom is 0.185 e. The number of anilines is 1. The zero-order valence-electron chi connectivity index (χ0n) is 10.9. The van der Waals surface area contributed by atoms with Gasteiger partial charge in [0.1, 0.15) is 0 Å². The van der Waals surface area contributed by atoms with E-state index in [1.165, 1.54) is 12.8 Å². The van der Waals surface area contributed by atoms with E-state index in [0.29, 0.717) is 12.1 Å². The van der Waals surface area contributed by atoms with Gasteiger partial charge in [-0.1, -0.05) is 13.3 Å². The number of nitrogens with zero attached hydrogens (tertiary/aromatic N) is 2. The Morgan fingerprint density at radius 1 is 1.50 bits per heavy atom. The summed E-state index contributed by atoms with van der Waals surface area (Å²) in [7, 11) is 4.10. The Labute approximate surface area is 103 Å². The first-order chi connectivity index (χ1) is 7.60. The van der Waals surface area contributed by atoms with Crippen LogP contribution in [0, 0.1) is 0 Å². The van der Waals surface area contributed by atoms with Gasteiger partial charge in [0.2, 0.25) is 0 Å². The van der Waals surface area contributed by atoms with Crippen molar-refractivity contribution in [2.75, 3.05) is 19.0 Å². The van der Waals surface area contributed by atoms with Crippen molar-refractivity contribution in [3.63, 3.8) is 0 Å². The van der Waals surface area contributed by atoms with Crippen LogP contribution < -0.4 is 10.2 Å². The first-order valence-corrected chi connectivity index (χ1v) is 6.83. The lowest BCUT2D eigenvalue weighted by atomic mass is 10.2. The number of nitrogens with one attached hydrogen (secondary N) is 1. The Morgan fingerprint density at radius 3 is 2.75 bits per heavy atom. The molecule has 4 heteroatoms. The standard InChI is InChI=1S/C12H23N3S/c1-6-7-9(2)15(5)12-14-11(8-16-12)10(3)13-4/h8-10,13H,6-7H2,1-5H3. The Balaban J connectivity index is 2.69. The molecule has 0 spiro atoms. The van der Waals surface area contributed by atoms with E-state index in [9.17, 15) is 0 Å². The Bertz CT molecular complexity index is 311. The molecular weight excluding hydrogens is 218 g/mol. The average molecular weight is 241 g/mol. The lowest BCUT2D eigenvalue weighted by molar-refractivity contribution is 0.608. The molecule has 1 rings (SSSR count). The minimum atomic E-state index is 0.333. The summed E-state index contributed by atoms with van der Waals surface area (Å²) < 4.78 is 0. The number of aromatic nitrogens is 1. The molecule has 0 aliphatic rings. The molecule has 0 bridgehead atoms. The van der Waals surface area contributed by atoms with E-state index in [1.54, 1.807) is 11.3 Å². The summed E-state index contributed by atoms with van der Waals surface area (Å²) in [4.78, 5) is 6.94. The van der Waals surface area contributed by atoms with Crippen molar-refractivity contribution in [3.05, 3.63) is 11.1 Å². The van der Waals surface area contributed by atoms with Crippen molar-refractivity contribution in [2.24, 2.45) is 0 Å². The summed E-state index contributed by atoms with van der Waals surface area (Å²) in [5, 5.41) is 6.48. The Hall–Kier alpha value is -0.610. The summed E-state index contributed by atoms with van der Waals surface area (Å²) in [6.45, 7) is 6.61. The molecule has 16 heavy (non-hydrogen) atoms. The number of rotatable bonds is 6. The van der Waals surface area contributed by atoms with E-state index >= 15 is 0 Å². The molecule has 92 valence electrons. The predicted molar refractivity (Wildman–Crippen MR) is 72.4 cm³/mol. The summed E-state index contributed by atoms with van der Waals surface area (Å²) in [6, 6.07) is 0.897. The molecule has 0 saturated carbocycles. The molecule has 1 N–H and O–H groups in total. The van der Waals surface area contributed by atoms with Gasteiger partial charge in [-0.05, 0) is 27.3 Å². The van der Waals surface area contributed by atoms with E-state index in [-0.39, 0.29) is 0 Å². The first-order valence-electron chi connectivity index (χ1n) is 5.95. The van der Waals surface area contributed by atoms with Crippen molar-refractivity contribution >= 4 is 16.5 Å². The van der Waals surface area contributed by atoms with Crippen LogP contribution in [0.25, 0.3) is 0 Å². The molecule has 0 amide bonds. The topological polar surface area (TPSA) is 28.2 Å². The van der Waals surface area contributed by atoms with Crippen molar-refractivity contribution < 1.29 is 0 Å². The summed E-state index contributed by atoms with van der Waals surface area (Å²) >= 11 is 1.73. The minimum absolute atomic E-state index is 0.333. The second-order valence-corrected chi connectivity index (χ2v) is 5.15. The quantitative estimate of drug-likeness (QED) is 0.829. The zero-order valence-corrected chi connectivity index (χ0v) is 11.8. The van der Waals surface area contributed by atoms with Crippen LogP contribution in [0.4, 0.5) is 5.13 Å². The highest BCUT2D eigenvalue weighted by Crippen LogP contribution is 2.25. The number of hydrogen-bond donors (Lipinski definition) is 1. The number of thiazole rings is 1. The largest absolute Gasteiger partial charge is 0.348 e. The van der Waals surface area contributed by atoms with Crippen LogP contribution >= 0.6 is 11.3 Å². The van der Waals surface area contributed by atoms with E-state index in [4.69, 9.17) is 0 Å². The minimum Gasteiger partial charge on any atom is -0.348 e. The molecule has 1 aromatic heterocycles. The molecule has 2 atom stereocenters. The molecular formula is C12H23N3S. The molecule has 0 radical (unpaired) electrons. The lowest BCUT2D eigenvalue weighted by Crippen LogP contribution is -2.28. The van der Waals surface area contributed by atoms with E-state index in [2.05, 4.69) is 48.4 Å². The van der Waals surface area contributed by atoms with Gasteiger partial charge in [0.15, 0.2) is 5.13 Å². The van der Waals surface area contributed by atoms with Gasteiger partial charge in [0.05, 0.1) is 5.69 Å². The average Bonchev–Trinajstić information content (AvgIpc) is 2.76. The van der Waals surface area contributed by atoms with Crippen molar-refractivity contribution in [2.45, 2.75) is 45.7 Å². The number of hydrogen-bond acceptors (Lipinski definition) is 4. The van der Waals surface area contributed by atoms with E-state index < -0.39 is 0 Å². The second kappa shape index (κ2) is 6.21. The predicted octanol–water partition coefficient (Wildman–Crippen LogP) is 3.05. The van der Waals surface area contributed by atoms with E-state index in [1.807, 2.05) is 7.05 Å². The molecule has 0 aromatic carbocycles. The van der Waals surface area contributed by atoms with Gasteiger partial charge in [-0.15, -0.1) is 11.3 Å². The van der Waals surface area contributed by atoms with Crippen LogP contribution in [0.5, 0.6) is 0 Å². The molecule has 3 nitrogen and oxygen atoms in total. The third kappa shape index (κ3) is 3.19. The fraction of sp³-hybridized carbons (Fsp3) is 0.750. The van der Waals surface area contributed by atoms with Crippen LogP contribution in [0.2, 0.25) is 0 Å². The molecule has 1 aromatic rings. The highest BCUT2D eigenvalue weighted by molar-refractivity contribution is 7.13.